The van der Waals surface area contributed by atoms with Crippen LogP contribution in [0.2, 0.25) is 10.0 Å². The number of carbonyl (C=O) groups is 3. The van der Waals surface area contributed by atoms with Crippen LogP contribution in [0.1, 0.15) is 43.7 Å². The van der Waals surface area contributed by atoms with Crippen LogP contribution < -0.4 is 14.8 Å². The van der Waals surface area contributed by atoms with Gasteiger partial charge in [-0.25, -0.2) is 0 Å². The van der Waals surface area contributed by atoms with Crippen LogP contribution in [0.5, 0.6) is 11.5 Å². The molecule has 0 radical (unpaired) electrons. The average molecular weight is 749 g/mol. The quantitative estimate of drug-likeness (QED) is 0.214. The molecule has 2 amide bonds. The summed E-state index contributed by atoms with van der Waals surface area (Å²) in [6, 6.07) is 7.36. The van der Waals surface area contributed by atoms with Gasteiger partial charge in [0.15, 0.2) is 11.5 Å². The molecule has 0 spiro atoms. The van der Waals surface area contributed by atoms with E-state index < -0.39 is 24.2 Å². The number of nitrogens with one attached hydrogen (secondary N) is 1. The van der Waals surface area contributed by atoms with Gasteiger partial charge in [0.2, 0.25) is 11.8 Å². The molecule has 10 nitrogen and oxygen atoms in total. The number of rotatable bonds is 14. The maximum absolute atomic E-state index is 13.7. The highest BCUT2D eigenvalue weighted by molar-refractivity contribution is 14.1. The Labute approximate surface area is 274 Å². The van der Waals surface area contributed by atoms with Gasteiger partial charge in [0, 0.05) is 37.9 Å². The third kappa shape index (κ3) is 9.53. The molecule has 43 heavy (non-hydrogen) atoms. The first-order chi connectivity index (χ1) is 20.5. The topological polar surface area (TPSA) is 146 Å². The number of hydrogen-bond acceptors (Lipinski definition) is 8. The summed E-state index contributed by atoms with van der Waals surface area (Å²) >= 11 is 14.4. The van der Waals surface area contributed by atoms with E-state index in [1.165, 1.54) is 25.0 Å². The van der Waals surface area contributed by atoms with Crippen LogP contribution in [-0.4, -0.2) is 76.3 Å². The molecule has 0 fully saturated rings. The largest absolute Gasteiger partial charge is 0.493 e. The minimum Gasteiger partial charge on any atom is -0.493 e. The number of aliphatic hydroxyl groups is 3. The summed E-state index contributed by atoms with van der Waals surface area (Å²) in [6.45, 7) is 1.03. The Hall–Kier alpha value is -2.42. The van der Waals surface area contributed by atoms with E-state index in [1.807, 2.05) is 22.6 Å². The highest BCUT2D eigenvalue weighted by Gasteiger charge is 2.41. The van der Waals surface area contributed by atoms with Crippen molar-refractivity contribution in [2.24, 2.45) is 0 Å². The Balaban J connectivity index is 2.04. The van der Waals surface area contributed by atoms with Gasteiger partial charge in [-0.3, -0.25) is 9.59 Å². The molecule has 0 saturated heterocycles. The Morgan fingerprint density at radius 3 is 2.47 bits per heavy atom. The van der Waals surface area contributed by atoms with E-state index in [9.17, 15) is 29.7 Å². The Kier molecular flexibility index (Phi) is 13.5. The molecule has 0 aliphatic heterocycles. The van der Waals surface area contributed by atoms with Gasteiger partial charge in [-0.1, -0.05) is 29.3 Å². The summed E-state index contributed by atoms with van der Waals surface area (Å²) < 4.78 is 12.4. The third-order valence-corrected chi connectivity index (χ3v) is 8.46. The molecule has 1 aliphatic rings. The lowest BCUT2D eigenvalue weighted by atomic mass is 9.87. The minimum atomic E-state index is -1.29. The number of aliphatic hydroxyl groups excluding tert-OH is 3. The number of ketones is 1. The van der Waals surface area contributed by atoms with Gasteiger partial charge in [0.05, 0.1) is 40.0 Å². The summed E-state index contributed by atoms with van der Waals surface area (Å²) in [5.74, 6) is -0.239. The van der Waals surface area contributed by atoms with Crippen molar-refractivity contribution >= 4 is 63.4 Å². The zero-order valence-electron chi connectivity index (χ0n) is 23.8. The first kappa shape index (κ1) is 35.1. The number of ether oxygens (including phenoxy) is 2. The molecule has 13 heteroatoms. The molecule has 0 unspecified atom stereocenters. The molecular weight excluding hydrogens is 714 g/mol. The molecule has 0 saturated carbocycles. The van der Waals surface area contributed by atoms with Crippen molar-refractivity contribution < 1.29 is 39.2 Å². The predicted octanol–water partition coefficient (Wildman–Crippen LogP) is 3.80. The second-order valence-corrected chi connectivity index (χ2v) is 12.1. The first-order valence-corrected chi connectivity index (χ1v) is 15.5. The van der Waals surface area contributed by atoms with E-state index in [0.717, 1.165) is 0 Å². The third-order valence-electron chi connectivity index (χ3n) is 6.92. The van der Waals surface area contributed by atoms with Crippen molar-refractivity contribution in [3.63, 3.8) is 0 Å². The molecule has 3 atom stereocenters. The summed E-state index contributed by atoms with van der Waals surface area (Å²) in [4.78, 5) is 39.8. The van der Waals surface area contributed by atoms with Gasteiger partial charge in [-0.15, -0.1) is 0 Å². The lowest BCUT2D eigenvalue weighted by molar-refractivity contribution is -0.139. The summed E-state index contributed by atoms with van der Waals surface area (Å²) in [7, 11) is 1.45. The SMILES string of the molecule is COc1cc(CO)cc(I)c1O[C@H]1C=C(C(=O)NCCO)C[C@@H](N(Cc2ccc(Cl)c(Cl)c2)C(=O)CCCC(C)=O)[C@@H]1O. The number of carbonyl (C=O) groups excluding carboxylic acids is 3. The molecule has 4 N–H and O–H groups in total. The van der Waals surface area contributed by atoms with Crippen LogP contribution in [-0.2, 0) is 27.5 Å². The van der Waals surface area contributed by atoms with Crippen molar-refractivity contribution in [2.45, 2.75) is 64.0 Å². The smallest absolute Gasteiger partial charge is 0.247 e. The highest BCUT2D eigenvalue weighted by atomic mass is 127. The maximum Gasteiger partial charge on any atom is 0.247 e. The first-order valence-electron chi connectivity index (χ1n) is 13.6. The standard InChI is InChI=1S/C30H35Cl2IN2O8/c1-17(38)4-3-5-27(39)35(15-18-6-7-21(31)22(32)10-18)24-13-20(30(41)34-8-9-36)14-25(28(24)40)43-29-23(33)11-19(16-37)12-26(29)42-2/h6-7,10-12,14,24-25,28,36-37,40H,3-5,8-9,13,15-16H2,1-2H3,(H,34,41)/t24-,25+,28+/m1/s1. The summed E-state index contributed by atoms with van der Waals surface area (Å²) in [5, 5.41) is 33.8. The number of Topliss-reactive ketones (excluding diaryl/α,β-unsaturated/α-hetero) is 1. The van der Waals surface area contributed by atoms with Crippen molar-refractivity contribution in [3.05, 3.63) is 66.7 Å². The van der Waals surface area contributed by atoms with Crippen LogP contribution in [0.3, 0.4) is 0 Å². The van der Waals surface area contributed by atoms with E-state index in [-0.39, 0.29) is 62.8 Å². The lowest BCUT2D eigenvalue weighted by Crippen LogP contribution is -2.54. The highest BCUT2D eigenvalue weighted by Crippen LogP contribution is 2.37. The van der Waals surface area contributed by atoms with Crippen LogP contribution in [0, 0.1) is 3.57 Å². The van der Waals surface area contributed by atoms with Crippen LogP contribution in [0.15, 0.2) is 42.0 Å². The van der Waals surface area contributed by atoms with Gasteiger partial charge in [-0.2, -0.15) is 0 Å². The molecule has 0 heterocycles. The number of nitrogens with zero attached hydrogens (tertiary/aromatic N) is 1. The molecule has 2 aromatic carbocycles. The van der Waals surface area contributed by atoms with E-state index in [2.05, 4.69) is 5.32 Å². The summed E-state index contributed by atoms with van der Waals surface area (Å²) in [5.41, 5.74) is 1.50. The fourth-order valence-electron chi connectivity index (χ4n) is 4.75. The predicted molar refractivity (Wildman–Crippen MR) is 170 cm³/mol. The number of halogens is 3. The average Bonchev–Trinajstić information content (AvgIpc) is 2.97. The van der Waals surface area contributed by atoms with Gasteiger partial charge in [0.25, 0.3) is 0 Å². The minimum absolute atomic E-state index is 0.00423. The summed E-state index contributed by atoms with van der Waals surface area (Å²) in [6.07, 6.45) is -0.288. The van der Waals surface area contributed by atoms with Gasteiger partial charge < -0.3 is 39.8 Å². The normalized spacial score (nSPS) is 18.0. The number of hydrogen-bond donors (Lipinski definition) is 4. The molecule has 1 aliphatic carbocycles. The number of methoxy groups -OCH3 is 1. The Bertz CT molecular complexity index is 1360. The Morgan fingerprint density at radius 2 is 1.84 bits per heavy atom. The van der Waals surface area contributed by atoms with Crippen molar-refractivity contribution in [3.8, 4) is 11.5 Å². The number of amides is 2. The van der Waals surface area contributed by atoms with Gasteiger partial charge in [0.1, 0.15) is 18.0 Å². The van der Waals surface area contributed by atoms with Crippen LogP contribution in [0.25, 0.3) is 0 Å². The van der Waals surface area contributed by atoms with E-state index in [0.29, 0.717) is 42.7 Å². The van der Waals surface area contributed by atoms with Crippen LogP contribution in [0.4, 0.5) is 0 Å². The van der Waals surface area contributed by atoms with E-state index >= 15 is 0 Å². The molecular formula is C30H35Cl2IN2O8. The monoisotopic (exact) mass is 748 g/mol. The van der Waals surface area contributed by atoms with E-state index in [4.69, 9.17) is 32.7 Å². The zero-order chi connectivity index (χ0) is 31.7. The number of benzene rings is 2. The van der Waals surface area contributed by atoms with Crippen molar-refractivity contribution in [2.75, 3.05) is 20.3 Å². The molecule has 234 valence electrons. The second kappa shape index (κ2) is 16.6. The van der Waals surface area contributed by atoms with E-state index in [1.54, 1.807) is 30.3 Å². The Morgan fingerprint density at radius 1 is 1.09 bits per heavy atom. The molecule has 0 aromatic heterocycles. The molecule has 2 aromatic rings. The molecule has 0 bridgehead atoms. The zero-order valence-corrected chi connectivity index (χ0v) is 27.5. The second-order valence-electron chi connectivity index (χ2n) is 10.1. The maximum atomic E-state index is 13.7. The molecule has 3 rings (SSSR count). The van der Waals surface area contributed by atoms with Gasteiger partial charge in [-0.05, 0) is 77.4 Å². The van der Waals surface area contributed by atoms with Crippen LogP contribution >= 0.6 is 45.8 Å². The van der Waals surface area contributed by atoms with Crippen molar-refractivity contribution in [1.82, 2.24) is 10.2 Å². The van der Waals surface area contributed by atoms with Gasteiger partial charge >= 0.3 is 0 Å². The fourth-order valence-corrected chi connectivity index (χ4v) is 5.87. The van der Waals surface area contributed by atoms with Crippen molar-refractivity contribution in [1.29, 1.82) is 0 Å². The fraction of sp³-hybridized carbons (Fsp3) is 0.433. The lowest BCUT2D eigenvalue weighted by Gasteiger charge is -2.41.